The molecule has 0 bridgehead atoms. The van der Waals surface area contributed by atoms with E-state index in [0.29, 0.717) is 0 Å². The Morgan fingerprint density at radius 2 is 0.952 bits per heavy atom. The third-order valence-corrected chi connectivity index (χ3v) is 1.80. The van der Waals surface area contributed by atoms with Gasteiger partial charge in [0, 0.05) is 0 Å². The van der Waals surface area contributed by atoms with Crippen LogP contribution >= 0.6 is 39.5 Å². The summed E-state index contributed by atoms with van der Waals surface area (Å²) in [6.45, 7) is 5.28. The van der Waals surface area contributed by atoms with Crippen LogP contribution in [0.5, 0.6) is 0 Å². The molecular weight excluding hydrogens is 589 g/mol. The summed E-state index contributed by atoms with van der Waals surface area (Å²) in [5, 5.41) is 15.2. The molecule has 0 saturated carbocycles. The van der Waals surface area contributed by atoms with Crippen molar-refractivity contribution in [2.75, 3.05) is 28.2 Å². The Labute approximate surface area is 157 Å². The predicted octanol–water partition coefficient (Wildman–Crippen LogP) is 1.99. The third-order valence-electron chi connectivity index (χ3n) is 1.80. The second-order valence-electron chi connectivity index (χ2n) is 4.17. The molecule has 0 atom stereocenters. The summed E-state index contributed by atoms with van der Waals surface area (Å²) in [5.41, 5.74) is 0. The van der Waals surface area contributed by atoms with Gasteiger partial charge in [-0.15, -0.1) is 0 Å². The summed E-state index contributed by atoms with van der Waals surface area (Å²) < 4.78 is 0. The summed E-state index contributed by atoms with van der Waals surface area (Å²) in [4.78, 5) is 8.00. The Bertz CT molecular complexity index is 250. The summed E-state index contributed by atoms with van der Waals surface area (Å²) in [6, 6.07) is 0. The molecule has 0 aromatic rings. The first kappa shape index (κ1) is 23.9. The van der Waals surface area contributed by atoms with Crippen LogP contribution in [0.1, 0.15) is 6.92 Å². The molecule has 2 heterocycles. The first-order valence-electron chi connectivity index (χ1n) is 5.87. The molecule has 0 aliphatic carbocycles. The zero-order chi connectivity index (χ0) is 16.8. The number of aliphatic hydroxyl groups is 2. The molecule has 2 aliphatic heterocycles. The molecule has 2 rings (SSSR count). The summed E-state index contributed by atoms with van der Waals surface area (Å²) in [5.74, 6) is 0. The van der Waals surface area contributed by atoms with E-state index in [2.05, 4.69) is 39.5 Å². The molecule has 0 aromatic heterocycles. The Hall–Kier alpha value is 0.683. The van der Waals surface area contributed by atoms with Gasteiger partial charge in [0.15, 0.2) is 0 Å². The van der Waals surface area contributed by atoms with Gasteiger partial charge < -0.3 is 29.8 Å². The molecule has 0 spiro atoms. The van der Waals surface area contributed by atoms with Gasteiger partial charge in [0.05, 0.1) is 0 Å². The Morgan fingerprint density at radius 1 is 0.810 bits per heavy atom. The number of hydrogen-bond donors (Lipinski definition) is 2. The monoisotopic (exact) mass is 613 g/mol. The zero-order valence-corrected chi connectivity index (χ0v) is 18.8. The zero-order valence-electron chi connectivity index (χ0n) is 12.8. The van der Waals surface area contributed by atoms with E-state index in [0.717, 1.165) is 10.1 Å². The van der Waals surface area contributed by atoms with Gasteiger partial charge in [0.1, 0.15) is 6.29 Å². The fraction of sp³-hybridized carbons (Fsp3) is 0.500. The van der Waals surface area contributed by atoms with Crippen LogP contribution in [0.4, 0.5) is 0 Å². The van der Waals surface area contributed by atoms with Gasteiger partial charge in [-0.05, 0) is 59.9 Å². The van der Waals surface area contributed by atoms with Crippen molar-refractivity contribution in [3.63, 3.8) is 0 Å². The number of nitrogens with zero attached hydrogens (tertiary/aromatic N) is 4. The molecule has 0 amide bonds. The van der Waals surface area contributed by atoms with Crippen LogP contribution in [-0.4, -0.2) is 64.3 Å². The van der Waals surface area contributed by atoms with Crippen molar-refractivity contribution in [2.45, 2.75) is 13.2 Å². The molecule has 129 valence electrons. The summed E-state index contributed by atoms with van der Waals surface area (Å²) in [6.07, 6.45) is 6.83. The summed E-state index contributed by atoms with van der Waals surface area (Å²) in [7, 11) is 8.77. The van der Waals surface area contributed by atoms with E-state index in [-0.39, 0.29) is 0 Å². The van der Waals surface area contributed by atoms with Crippen molar-refractivity contribution in [1.82, 2.24) is 19.6 Å². The van der Waals surface area contributed by atoms with Crippen LogP contribution in [0.2, 0.25) is 0 Å². The van der Waals surface area contributed by atoms with E-state index in [1.54, 1.807) is 0 Å². The maximum absolute atomic E-state index is 7.61. The van der Waals surface area contributed by atoms with Crippen molar-refractivity contribution < 1.29 is 20.3 Å². The number of hydrogen-bond acceptors (Lipinski definition) is 6. The predicted molar refractivity (Wildman–Crippen MR) is 99.9 cm³/mol. The molecule has 0 radical (unpaired) electrons. The van der Waals surface area contributed by atoms with Crippen LogP contribution in [0.3, 0.4) is 0 Å². The quantitative estimate of drug-likeness (QED) is 0.189. The van der Waals surface area contributed by atoms with Gasteiger partial charge in [0.25, 0.3) is 0 Å². The van der Waals surface area contributed by atoms with E-state index in [1.165, 1.54) is 6.92 Å². The van der Waals surface area contributed by atoms with Crippen LogP contribution < -0.4 is 0 Å². The van der Waals surface area contributed by atoms with Crippen LogP contribution in [0, 0.1) is 13.3 Å². The maximum atomic E-state index is 7.61. The van der Waals surface area contributed by atoms with Gasteiger partial charge in [-0.3, -0.25) is 0 Å². The standard InChI is InChI=1S/2C5H9N2.C2H6O2.2HI.Rh/c2*1-6-3-4-7(2)5-6;1-2(3)4;;;/h2*3-5H,1-2H3;2-4H,1H3;2*1H;/q2*-1;;;;+2/p-2. The second kappa shape index (κ2) is 15.6. The van der Waals surface area contributed by atoms with Crippen molar-refractivity contribution in [3.8, 4) is 0 Å². The first-order valence-corrected chi connectivity index (χ1v) is 15.6. The van der Waals surface area contributed by atoms with Gasteiger partial charge >= 0.3 is 49.6 Å². The summed E-state index contributed by atoms with van der Waals surface area (Å²) >= 11 is 4.69. The van der Waals surface area contributed by atoms with Crippen LogP contribution in [-0.2, 0) is 10.1 Å². The van der Waals surface area contributed by atoms with E-state index < -0.39 is 6.29 Å². The molecule has 0 unspecified atom stereocenters. The van der Waals surface area contributed by atoms with Gasteiger partial charge in [-0.25, -0.2) is 0 Å². The van der Waals surface area contributed by atoms with Gasteiger partial charge in [0.2, 0.25) is 0 Å². The fourth-order valence-electron chi connectivity index (χ4n) is 1.15. The molecule has 6 nitrogen and oxygen atoms in total. The van der Waals surface area contributed by atoms with E-state index in [9.17, 15) is 0 Å². The molecule has 2 aliphatic rings. The fourth-order valence-corrected chi connectivity index (χ4v) is 1.15. The Morgan fingerprint density at radius 3 is 1.00 bits per heavy atom. The molecule has 0 aromatic carbocycles. The van der Waals surface area contributed by atoms with Gasteiger partial charge in [-0.1, -0.05) is 0 Å². The molecular formula is C12H24I2N4O2Rh-2. The SMILES string of the molecule is CC(O)O.CN1C=CN(C)[CH-]1.CN1C=CN(C)[CH-]1.[I][Rh][I]. The first-order chi connectivity index (χ1) is 9.72. The minimum absolute atomic E-state index is 0.770. The second-order valence-corrected chi connectivity index (χ2v) is 16.8. The van der Waals surface area contributed by atoms with Crippen molar-refractivity contribution >= 4 is 39.5 Å². The van der Waals surface area contributed by atoms with E-state index >= 15 is 0 Å². The van der Waals surface area contributed by atoms with Gasteiger partial charge in [-0.2, -0.15) is 13.3 Å². The topological polar surface area (TPSA) is 53.4 Å². The van der Waals surface area contributed by atoms with Crippen molar-refractivity contribution in [2.24, 2.45) is 0 Å². The van der Waals surface area contributed by atoms with Crippen molar-refractivity contribution in [3.05, 3.63) is 38.1 Å². The average molecular weight is 613 g/mol. The molecule has 0 saturated heterocycles. The molecule has 0 fully saturated rings. The van der Waals surface area contributed by atoms with E-state index in [4.69, 9.17) is 10.2 Å². The molecule has 21 heavy (non-hydrogen) atoms. The normalized spacial score (nSPS) is 15.5. The Kier molecular flexibility index (Phi) is 17.8. The number of aliphatic hydroxyl groups excluding tert-OH is 1. The molecule has 2 N–H and O–H groups in total. The molecule has 9 heteroatoms. The number of rotatable bonds is 0. The minimum atomic E-state index is -1.17. The van der Waals surface area contributed by atoms with Crippen molar-refractivity contribution in [1.29, 1.82) is 0 Å². The van der Waals surface area contributed by atoms with Crippen LogP contribution in [0.15, 0.2) is 24.8 Å². The average Bonchev–Trinajstić information content (AvgIpc) is 2.88. The Balaban J connectivity index is 0. The van der Waals surface area contributed by atoms with Crippen LogP contribution in [0.25, 0.3) is 0 Å². The third kappa shape index (κ3) is 20.7. The van der Waals surface area contributed by atoms with E-state index in [1.807, 2.05) is 85.9 Å². The number of halogens is 2.